The highest BCUT2D eigenvalue weighted by molar-refractivity contribution is 6.03. The molecule has 1 fully saturated rings. The molecule has 3 rings (SSSR count). The number of likely N-dealkylation sites (N-methyl/N-ethyl adjacent to an activating group) is 1. The first-order valence-electron chi connectivity index (χ1n) is 8.26. The third kappa shape index (κ3) is 3.11. The van der Waals surface area contributed by atoms with E-state index in [4.69, 9.17) is 9.26 Å². The third-order valence-electron chi connectivity index (χ3n) is 4.30. The Morgan fingerprint density at radius 2 is 2.04 bits per heavy atom. The number of carbonyl (C=O) groups excluding carboxylic acids is 2. The largest absolute Gasteiger partial charge is 0.452 e. The first-order chi connectivity index (χ1) is 11.5. The summed E-state index contributed by atoms with van der Waals surface area (Å²) in [7, 11) is 0. The number of esters is 1. The molecule has 1 saturated carbocycles. The van der Waals surface area contributed by atoms with Gasteiger partial charge in [0.2, 0.25) is 0 Å². The number of hydrogen-bond acceptors (Lipinski definition) is 6. The highest BCUT2D eigenvalue weighted by Crippen LogP contribution is 2.40. The minimum atomic E-state index is -0.545. The number of amides is 1. The maximum Gasteiger partial charge on any atom is 0.339 e. The Labute approximate surface area is 140 Å². The molecule has 2 aromatic heterocycles. The fraction of sp³-hybridized carbons (Fsp3) is 0.529. The highest BCUT2D eigenvalue weighted by atomic mass is 16.5. The summed E-state index contributed by atoms with van der Waals surface area (Å²) in [6.45, 7) is 6.43. The summed E-state index contributed by atoms with van der Waals surface area (Å²) in [5, 5.41) is 4.44. The van der Waals surface area contributed by atoms with Crippen LogP contribution in [0.5, 0.6) is 0 Å². The van der Waals surface area contributed by atoms with Crippen molar-refractivity contribution in [3.8, 4) is 0 Å². The number of pyridine rings is 1. The molecule has 7 heteroatoms. The fourth-order valence-electron chi connectivity index (χ4n) is 2.74. The van der Waals surface area contributed by atoms with Gasteiger partial charge in [-0.1, -0.05) is 5.16 Å². The van der Waals surface area contributed by atoms with Gasteiger partial charge >= 0.3 is 5.97 Å². The Morgan fingerprint density at radius 3 is 2.67 bits per heavy atom. The summed E-state index contributed by atoms with van der Waals surface area (Å²) in [4.78, 5) is 30.6. The van der Waals surface area contributed by atoms with Crippen molar-refractivity contribution < 1.29 is 18.8 Å². The highest BCUT2D eigenvalue weighted by Gasteiger charge is 2.29. The van der Waals surface area contributed by atoms with Crippen LogP contribution in [0.4, 0.5) is 0 Å². The van der Waals surface area contributed by atoms with Crippen LogP contribution in [0, 0.1) is 6.92 Å². The van der Waals surface area contributed by atoms with E-state index < -0.39 is 5.97 Å². The van der Waals surface area contributed by atoms with E-state index in [0.717, 1.165) is 18.5 Å². The quantitative estimate of drug-likeness (QED) is 0.756. The molecule has 1 aliphatic carbocycles. The van der Waals surface area contributed by atoms with Crippen molar-refractivity contribution in [1.82, 2.24) is 15.0 Å². The number of nitrogens with zero attached hydrogens (tertiary/aromatic N) is 3. The zero-order valence-corrected chi connectivity index (χ0v) is 14.2. The average Bonchev–Trinajstić information content (AvgIpc) is 3.37. The van der Waals surface area contributed by atoms with Crippen molar-refractivity contribution in [2.24, 2.45) is 0 Å². The molecule has 24 heavy (non-hydrogen) atoms. The van der Waals surface area contributed by atoms with E-state index in [1.807, 2.05) is 13.8 Å². The van der Waals surface area contributed by atoms with Crippen LogP contribution in [0.25, 0.3) is 11.1 Å². The molecular formula is C17H21N3O4. The molecule has 0 saturated heterocycles. The number of aryl methyl sites for hydroxylation is 1. The third-order valence-corrected chi connectivity index (χ3v) is 4.30. The SMILES string of the molecule is CCN(CC)C(=O)COC(=O)c1cc(C2CC2)nc2onc(C)c12. The predicted octanol–water partition coefficient (Wildman–Crippen LogP) is 2.43. The number of carbonyl (C=O) groups is 2. The Hall–Kier alpha value is -2.44. The summed E-state index contributed by atoms with van der Waals surface area (Å²) in [5.74, 6) is -0.386. The van der Waals surface area contributed by atoms with Crippen molar-refractivity contribution in [3.05, 3.63) is 23.0 Å². The van der Waals surface area contributed by atoms with Gasteiger partial charge in [-0.05, 0) is 39.7 Å². The smallest absolute Gasteiger partial charge is 0.339 e. The predicted molar refractivity (Wildman–Crippen MR) is 86.7 cm³/mol. The minimum absolute atomic E-state index is 0.205. The number of fused-ring (bicyclic) bond motifs is 1. The summed E-state index contributed by atoms with van der Waals surface area (Å²) in [6, 6.07) is 1.74. The van der Waals surface area contributed by atoms with Gasteiger partial charge in [0.1, 0.15) is 0 Å². The maximum absolute atomic E-state index is 12.5. The summed E-state index contributed by atoms with van der Waals surface area (Å²) in [6.07, 6.45) is 2.11. The summed E-state index contributed by atoms with van der Waals surface area (Å²) in [5.41, 5.74) is 2.12. The zero-order valence-electron chi connectivity index (χ0n) is 14.2. The Bertz CT molecular complexity index is 775. The van der Waals surface area contributed by atoms with Crippen LogP contribution in [0.2, 0.25) is 0 Å². The zero-order chi connectivity index (χ0) is 17.3. The lowest BCUT2D eigenvalue weighted by Gasteiger charge is -2.18. The summed E-state index contributed by atoms with van der Waals surface area (Å²) < 4.78 is 10.4. The molecule has 128 valence electrons. The van der Waals surface area contributed by atoms with Crippen LogP contribution in [-0.2, 0) is 9.53 Å². The molecule has 0 spiro atoms. The number of hydrogen-bond donors (Lipinski definition) is 0. The average molecular weight is 331 g/mol. The Balaban J connectivity index is 1.83. The van der Waals surface area contributed by atoms with Crippen LogP contribution in [0.15, 0.2) is 10.6 Å². The van der Waals surface area contributed by atoms with Gasteiger partial charge < -0.3 is 14.2 Å². The maximum atomic E-state index is 12.5. The molecule has 0 radical (unpaired) electrons. The lowest BCUT2D eigenvalue weighted by atomic mass is 10.1. The van der Waals surface area contributed by atoms with E-state index in [-0.39, 0.29) is 12.5 Å². The molecule has 0 aliphatic heterocycles. The first kappa shape index (κ1) is 16.4. The van der Waals surface area contributed by atoms with Crippen molar-refractivity contribution in [2.75, 3.05) is 19.7 Å². The van der Waals surface area contributed by atoms with Gasteiger partial charge in [-0.2, -0.15) is 0 Å². The second kappa shape index (κ2) is 6.59. The molecule has 1 aliphatic rings. The van der Waals surface area contributed by atoms with Crippen LogP contribution < -0.4 is 0 Å². The fourth-order valence-corrected chi connectivity index (χ4v) is 2.74. The lowest BCUT2D eigenvalue weighted by molar-refractivity contribution is -0.134. The van der Waals surface area contributed by atoms with Gasteiger partial charge in [0, 0.05) is 24.7 Å². The molecule has 0 bridgehead atoms. The lowest BCUT2D eigenvalue weighted by Crippen LogP contribution is -2.34. The standard InChI is InChI=1S/C17H21N3O4/c1-4-20(5-2)14(21)9-23-17(22)12-8-13(11-6-7-11)18-16-15(12)10(3)19-24-16/h8,11H,4-7,9H2,1-3H3. The van der Waals surface area contributed by atoms with Crippen LogP contribution in [0.3, 0.4) is 0 Å². The Kier molecular flexibility index (Phi) is 4.51. The molecule has 0 atom stereocenters. The van der Waals surface area contributed by atoms with Gasteiger partial charge in [-0.25, -0.2) is 9.78 Å². The number of aromatic nitrogens is 2. The molecule has 7 nitrogen and oxygen atoms in total. The molecule has 0 aromatic carbocycles. The number of rotatable bonds is 6. The second-order valence-corrected chi connectivity index (χ2v) is 5.96. The normalized spacial score (nSPS) is 14.0. The Morgan fingerprint density at radius 1 is 1.33 bits per heavy atom. The van der Waals surface area contributed by atoms with Gasteiger partial charge in [-0.15, -0.1) is 0 Å². The van der Waals surface area contributed by atoms with Crippen molar-refractivity contribution in [2.45, 2.75) is 39.5 Å². The molecule has 0 unspecified atom stereocenters. The summed E-state index contributed by atoms with van der Waals surface area (Å²) >= 11 is 0. The van der Waals surface area contributed by atoms with Gasteiger partial charge in [0.15, 0.2) is 6.61 Å². The topological polar surface area (TPSA) is 85.5 Å². The van der Waals surface area contributed by atoms with E-state index >= 15 is 0 Å². The first-order valence-corrected chi connectivity index (χ1v) is 8.26. The van der Waals surface area contributed by atoms with Crippen LogP contribution >= 0.6 is 0 Å². The van der Waals surface area contributed by atoms with Crippen LogP contribution in [0.1, 0.15) is 54.4 Å². The van der Waals surface area contributed by atoms with E-state index in [2.05, 4.69) is 10.1 Å². The van der Waals surface area contributed by atoms with Crippen LogP contribution in [-0.4, -0.2) is 46.6 Å². The van der Waals surface area contributed by atoms with E-state index in [9.17, 15) is 9.59 Å². The van der Waals surface area contributed by atoms with E-state index in [1.165, 1.54) is 0 Å². The molecule has 1 amide bonds. The van der Waals surface area contributed by atoms with Crippen molar-refractivity contribution in [1.29, 1.82) is 0 Å². The molecule has 2 heterocycles. The molecule has 2 aromatic rings. The monoisotopic (exact) mass is 331 g/mol. The molecular weight excluding hydrogens is 310 g/mol. The van der Waals surface area contributed by atoms with Crippen molar-refractivity contribution >= 4 is 23.0 Å². The minimum Gasteiger partial charge on any atom is -0.452 e. The molecule has 0 N–H and O–H groups in total. The second-order valence-electron chi connectivity index (χ2n) is 5.96. The van der Waals surface area contributed by atoms with E-state index in [0.29, 0.717) is 41.4 Å². The van der Waals surface area contributed by atoms with E-state index in [1.54, 1.807) is 17.9 Å². The number of ether oxygens (including phenoxy) is 1. The van der Waals surface area contributed by atoms with Crippen molar-refractivity contribution in [3.63, 3.8) is 0 Å². The van der Waals surface area contributed by atoms with Gasteiger partial charge in [-0.3, -0.25) is 4.79 Å². The van der Waals surface area contributed by atoms with Gasteiger partial charge in [0.05, 0.1) is 16.6 Å². The van der Waals surface area contributed by atoms with Gasteiger partial charge in [0.25, 0.3) is 11.6 Å².